The fourth-order valence-corrected chi connectivity index (χ4v) is 5.83. The van der Waals surface area contributed by atoms with Crippen molar-refractivity contribution in [2.45, 2.75) is 57.3 Å². The van der Waals surface area contributed by atoms with Gasteiger partial charge in [0.15, 0.2) is 0 Å². The van der Waals surface area contributed by atoms with Crippen molar-refractivity contribution in [2.75, 3.05) is 19.1 Å². The summed E-state index contributed by atoms with van der Waals surface area (Å²) in [6.07, 6.45) is 5.35. The number of methoxy groups -OCH3 is 2. The third-order valence-corrected chi connectivity index (χ3v) is 7.78. The van der Waals surface area contributed by atoms with E-state index in [1.54, 1.807) is 25.4 Å². The molecule has 2 bridgehead atoms. The molecular weight excluding hydrogens is 499 g/mol. The fourth-order valence-electron chi connectivity index (χ4n) is 5.83. The number of nitrogens with one attached hydrogen (secondary N) is 2. The molecule has 2 aliphatic rings. The van der Waals surface area contributed by atoms with Gasteiger partial charge in [0.05, 0.1) is 19.8 Å². The molecule has 0 saturated carbocycles. The van der Waals surface area contributed by atoms with Crippen molar-refractivity contribution in [3.8, 4) is 11.5 Å². The standard InChI is InChI=1S/C30H33FN4O4/c1-18-25(5-4-6-26(18)38-2)30(37)34-22-14-23-10-11-24(15-22)35(23)28-12-8-20(17-32-28)29(36)33-16-19-7-9-21(31)13-27(19)39-3/h4-9,12-13,17,22-24H,10-11,14-16H2,1-3H3,(H,33,36)(H,34,37)/t22?,23-,24+. The summed E-state index contributed by atoms with van der Waals surface area (Å²) in [6, 6.07) is 14.0. The normalized spacial score (nSPS) is 19.9. The van der Waals surface area contributed by atoms with Crippen LogP contribution in [0.25, 0.3) is 0 Å². The number of piperidine rings is 1. The van der Waals surface area contributed by atoms with Crippen molar-refractivity contribution in [1.82, 2.24) is 15.6 Å². The first-order chi connectivity index (χ1) is 18.9. The zero-order chi connectivity index (χ0) is 27.5. The molecule has 2 fully saturated rings. The van der Waals surface area contributed by atoms with Crippen LogP contribution >= 0.6 is 0 Å². The largest absolute Gasteiger partial charge is 0.496 e. The molecule has 204 valence electrons. The molecule has 3 atom stereocenters. The minimum Gasteiger partial charge on any atom is -0.496 e. The van der Waals surface area contributed by atoms with Gasteiger partial charge >= 0.3 is 0 Å². The summed E-state index contributed by atoms with van der Waals surface area (Å²) in [5.74, 6) is 1.20. The summed E-state index contributed by atoms with van der Waals surface area (Å²) >= 11 is 0. The van der Waals surface area contributed by atoms with E-state index >= 15 is 0 Å². The Bertz CT molecular complexity index is 1350. The highest BCUT2D eigenvalue weighted by Crippen LogP contribution is 2.38. The second-order valence-electron chi connectivity index (χ2n) is 10.1. The molecule has 2 aliphatic heterocycles. The predicted octanol–water partition coefficient (Wildman–Crippen LogP) is 4.41. The average molecular weight is 533 g/mol. The Morgan fingerprint density at radius 1 is 1.00 bits per heavy atom. The van der Waals surface area contributed by atoms with Gasteiger partial charge in [-0.25, -0.2) is 9.37 Å². The third-order valence-electron chi connectivity index (χ3n) is 7.78. The molecule has 0 spiro atoms. The van der Waals surface area contributed by atoms with Crippen molar-refractivity contribution in [3.05, 3.63) is 82.8 Å². The van der Waals surface area contributed by atoms with E-state index in [1.165, 1.54) is 19.2 Å². The number of pyridine rings is 1. The van der Waals surface area contributed by atoms with Crippen LogP contribution in [0.3, 0.4) is 0 Å². The number of benzene rings is 2. The first-order valence-corrected chi connectivity index (χ1v) is 13.2. The van der Waals surface area contributed by atoms with Gasteiger partial charge in [0.2, 0.25) is 0 Å². The molecule has 2 amide bonds. The van der Waals surface area contributed by atoms with Crippen molar-refractivity contribution in [3.63, 3.8) is 0 Å². The molecule has 9 heteroatoms. The number of hydrogen-bond donors (Lipinski definition) is 2. The van der Waals surface area contributed by atoms with Crippen LogP contribution in [0.1, 0.15) is 57.5 Å². The minimum atomic E-state index is -0.394. The second-order valence-corrected chi connectivity index (χ2v) is 10.1. The number of carbonyl (C=O) groups excluding carboxylic acids is 2. The van der Waals surface area contributed by atoms with Crippen LogP contribution in [0.5, 0.6) is 11.5 Å². The number of rotatable bonds is 8. The summed E-state index contributed by atoms with van der Waals surface area (Å²) in [6.45, 7) is 2.11. The number of fused-ring (bicyclic) bond motifs is 2. The zero-order valence-electron chi connectivity index (χ0n) is 22.4. The number of aromatic nitrogens is 1. The Hall–Kier alpha value is -4.14. The number of ether oxygens (including phenoxy) is 2. The van der Waals surface area contributed by atoms with Gasteiger partial charge in [-0.3, -0.25) is 9.59 Å². The van der Waals surface area contributed by atoms with E-state index in [2.05, 4.69) is 20.5 Å². The van der Waals surface area contributed by atoms with Gasteiger partial charge in [0.1, 0.15) is 23.1 Å². The second kappa shape index (κ2) is 11.3. The number of halogens is 1. The maximum Gasteiger partial charge on any atom is 0.253 e. The summed E-state index contributed by atoms with van der Waals surface area (Å²) < 4.78 is 24.0. The summed E-state index contributed by atoms with van der Waals surface area (Å²) in [5, 5.41) is 6.08. The molecule has 2 aromatic carbocycles. The first-order valence-electron chi connectivity index (χ1n) is 13.2. The van der Waals surface area contributed by atoms with E-state index in [1.807, 2.05) is 31.2 Å². The number of anilines is 1. The third kappa shape index (κ3) is 5.53. The van der Waals surface area contributed by atoms with E-state index in [-0.39, 0.29) is 36.5 Å². The van der Waals surface area contributed by atoms with Crippen molar-refractivity contribution in [2.24, 2.45) is 0 Å². The Balaban J connectivity index is 1.19. The average Bonchev–Trinajstić information content (AvgIpc) is 3.22. The van der Waals surface area contributed by atoms with Crippen molar-refractivity contribution >= 4 is 17.6 Å². The SMILES string of the molecule is COc1cc(F)ccc1CNC(=O)c1ccc(N2[C@@H]3CC[C@H]2CC(NC(=O)c2cccc(OC)c2C)C3)nc1. The molecule has 1 unspecified atom stereocenters. The van der Waals surface area contributed by atoms with Gasteiger partial charge < -0.3 is 25.0 Å². The molecule has 2 N–H and O–H groups in total. The highest BCUT2D eigenvalue weighted by molar-refractivity contribution is 5.96. The number of nitrogens with zero attached hydrogens (tertiary/aromatic N) is 2. The highest BCUT2D eigenvalue weighted by atomic mass is 19.1. The number of carbonyl (C=O) groups is 2. The Morgan fingerprint density at radius 2 is 1.74 bits per heavy atom. The van der Waals surface area contributed by atoms with E-state index in [0.29, 0.717) is 28.2 Å². The molecule has 39 heavy (non-hydrogen) atoms. The molecule has 0 radical (unpaired) electrons. The lowest BCUT2D eigenvalue weighted by Gasteiger charge is -2.40. The van der Waals surface area contributed by atoms with E-state index in [0.717, 1.165) is 37.1 Å². The van der Waals surface area contributed by atoms with Crippen LogP contribution in [-0.2, 0) is 6.54 Å². The lowest BCUT2D eigenvalue weighted by Crippen LogP contribution is -2.50. The molecule has 1 aromatic heterocycles. The lowest BCUT2D eigenvalue weighted by molar-refractivity contribution is 0.0923. The smallest absolute Gasteiger partial charge is 0.253 e. The summed E-state index contributed by atoms with van der Waals surface area (Å²) in [5.41, 5.74) is 2.61. The molecule has 2 saturated heterocycles. The van der Waals surface area contributed by atoms with Crippen LogP contribution in [0.2, 0.25) is 0 Å². The van der Waals surface area contributed by atoms with Gasteiger partial charge in [-0.1, -0.05) is 12.1 Å². The minimum absolute atomic E-state index is 0.0732. The van der Waals surface area contributed by atoms with E-state index < -0.39 is 5.82 Å². The Morgan fingerprint density at radius 3 is 2.41 bits per heavy atom. The molecule has 3 aromatic rings. The van der Waals surface area contributed by atoms with Gasteiger partial charge in [-0.15, -0.1) is 0 Å². The van der Waals surface area contributed by atoms with E-state index in [9.17, 15) is 14.0 Å². The van der Waals surface area contributed by atoms with Crippen LogP contribution < -0.4 is 25.0 Å². The van der Waals surface area contributed by atoms with Crippen LogP contribution in [0.4, 0.5) is 10.2 Å². The number of amides is 2. The first kappa shape index (κ1) is 26.5. The van der Waals surface area contributed by atoms with Crippen molar-refractivity contribution < 1.29 is 23.5 Å². The topological polar surface area (TPSA) is 92.8 Å². The maximum atomic E-state index is 13.4. The van der Waals surface area contributed by atoms with Crippen LogP contribution in [-0.4, -0.2) is 49.1 Å². The molecule has 8 nitrogen and oxygen atoms in total. The van der Waals surface area contributed by atoms with Crippen LogP contribution in [0.15, 0.2) is 54.7 Å². The monoisotopic (exact) mass is 532 g/mol. The van der Waals surface area contributed by atoms with E-state index in [4.69, 9.17) is 9.47 Å². The summed E-state index contributed by atoms with van der Waals surface area (Å²) in [7, 11) is 3.07. The molecule has 0 aliphatic carbocycles. The summed E-state index contributed by atoms with van der Waals surface area (Å²) in [4.78, 5) is 32.7. The number of hydrogen-bond acceptors (Lipinski definition) is 6. The lowest BCUT2D eigenvalue weighted by atomic mass is 9.96. The van der Waals surface area contributed by atoms with Crippen LogP contribution in [0, 0.1) is 12.7 Å². The highest BCUT2D eigenvalue weighted by Gasteiger charge is 2.42. The molecule has 5 rings (SSSR count). The van der Waals surface area contributed by atoms with Gasteiger partial charge in [0.25, 0.3) is 11.8 Å². The van der Waals surface area contributed by atoms with Crippen molar-refractivity contribution in [1.29, 1.82) is 0 Å². The van der Waals surface area contributed by atoms with Gasteiger partial charge in [-0.2, -0.15) is 0 Å². The zero-order valence-corrected chi connectivity index (χ0v) is 22.4. The van der Waals surface area contributed by atoms with Gasteiger partial charge in [-0.05, 0) is 62.9 Å². The Kier molecular flexibility index (Phi) is 7.67. The molecule has 3 heterocycles. The Labute approximate surface area is 227 Å². The predicted molar refractivity (Wildman–Crippen MR) is 146 cm³/mol. The fraction of sp³-hybridized carbons (Fsp3) is 0.367. The molecular formula is C30H33FN4O4. The quantitative estimate of drug-likeness (QED) is 0.447. The van der Waals surface area contributed by atoms with Gasteiger partial charge in [0, 0.05) is 53.6 Å². The maximum absolute atomic E-state index is 13.4.